The lowest BCUT2D eigenvalue weighted by Gasteiger charge is -2.31. The minimum Gasteiger partial charge on any atom is -0.497 e. The Morgan fingerprint density at radius 2 is 2.00 bits per heavy atom. The summed E-state index contributed by atoms with van der Waals surface area (Å²) in [5.41, 5.74) is 0.774. The SMILES string of the molecule is COc1ccc(Cn2c(C3CCN(C(=O)c4ccco4)CC3)n[nH]c2=O)cc1. The molecule has 1 N–H and O–H groups in total. The molecule has 1 fully saturated rings. The highest BCUT2D eigenvalue weighted by molar-refractivity contribution is 5.91. The van der Waals surface area contributed by atoms with Crippen molar-refractivity contribution in [2.24, 2.45) is 0 Å². The second-order valence-corrected chi connectivity index (χ2v) is 6.86. The molecule has 1 amide bonds. The Bertz CT molecular complexity index is 980. The van der Waals surface area contributed by atoms with E-state index in [1.165, 1.54) is 6.26 Å². The summed E-state index contributed by atoms with van der Waals surface area (Å²) in [4.78, 5) is 26.5. The number of nitrogens with zero attached hydrogens (tertiary/aromatic N) is 3. The van der Waals surface area contributed by atoms with Gasteiger partial charge in [0.2, 0.25) is 0 Å². The summed E-state index contributed by atoms with van der Waals surface area (Å²) in [5.74, 6) is 1.90. The van der Waals surface area contributed by atoms with Crippen LogP contribution in [0.15, 0.2) is 51.9 Å². The van der Waals surface area contributed by atoms with Crippen molar-refractivity contribution in [3.8, 4) is 5.75 Å². The van der Waals surface area contributed by atoms with Crippen molar-refractivity contribution in [2.45, 2.75) is 25.3 Å². The molecule has 0 bridgehead atoms. The molecule has 1 aliphatic heterocycles. The van der Waals surface area contributed by atoms with E-state index in [-0.39, 0.29) is 17.5 Å². The highest BCUT2D eigenvalue weighted by Crippen LogP contribution is 2.27. The number of benzene rings is 1. The summed E-state index contributed by atoms with van der Waals surface area (Å²) in [5, 5.41) is 6.84. The number of carbonyl (C=O) groups excluding carboxylic acids is 1. The molecule has 0 spiro atoms. The molecule has 4 rings (SSSR count). The van der Waals surface area contributed by atoms with E-state index < -0.39 is 0 Å². The highest BCUT2D eigenvalue weighted by atomic mass is 16.5. The molecule has 3 heterocycles. The van der Waals surface area contributed by atoms with Gasteiger partial charge >= 0.3 is 5.69 Å². The third-order valence-corrected chi connectivity index (χ3v) is 5.17. The second kappa shape index (κ2) is 7.75. The van der Waals surface area contributed by atoms with Gasteiger partial charge in [0, 0.05) is 19.0 Å². The minimum atomic E-state index is -0.222. The van der Waals surface area contributed by atoms with Crippen LogP contribution in [0.2, 0.25) is 0 Å². The van der Waals surface area contributed by atoms with E-state index >= 15 is 0 Å². The largest absolute Gasteiger partial charge is 0.497 e. The Balaban J connectivity index is 1.45. The van der Waals surface area contributed by atoms with E-state index in [1.807, 2.05) is 24.3 Å². The van der Waals surface area contributed by atoms with E-state index in [4.69, 9.17) is 9.15 Å². The number of aromatic amines is 1. The topological polar surface area (TPSA) is 93.4 Å². The summed E-state index contributed by atoms with van der Waals surface area (Å²) in [6, 6.07) is 11.0. The lowest BCUT2D eigenvalue weighted by molar-refractivity contribution is 0.0678. The molecule has 8 heteroatoms. The van der Waals surface area contributed by atoms with Gasteiger partial charge in [-0.25, -0.2) is 9.89 Å². The van der Waals surface area contributed by atoms with Crippen LogP contribution in [0.5, 0.6) is 5.75 Å². The standard InChI is InChI=1S/C20H22N4O4/c1-27-16-6-4-14(5-7-16)13-24-18(21-22-20(24)26)15-8-10-23(11-9-15)19(25)17-3-2-12-28-17/h2-7,12,15H,8-11,13H2,1H3,(H,22,26). The van der Waals surface area contributed by atoms with Gasteiger partial charge in [0.05, 0.1) is 19.9 Å². The first-order chi connectivity index (χ1) is 13.7. The van der Waals surface area contributed by atoms with E-state index in [2.05, 4.69) is 10.2 Å². The van der Waals surface area contributed by atoms with E-state index in [9.17, 15) is 9.59 Å². The molecule has 1 aromatic carbocycles. The number of carbonyl (C=O) groups is 1. The summed E-state index contributed by atoms with van der Waals surface area (Å²) in [6.45, 7) is 1.65. The molecule has 1 saturated heterocycles. The van der Waals surface area contributed by atoms with Gasteiger partial charge in [-0.3, -0.25) is 9.36 Å². The molecular formula is C20H22N4O4. The minimum absolute atomic E-state index is 0.0962. The van der Waals surface area contributed by atoms with Gasteiger partial charge in [-0.1, -0.05) is 12.1 Å². The highest BCUT2D eigenvalue weighted by Gasteiger charge is 2.28. The first kappa shape index (κ1) is 18.1. The van der Waals surface area contributed by atoms with Crippen LogP contribution in [0, 0.1) is 0 Å². The number of rotatable bonds is 5. The number of nitrogens with one attached hydrogen (secondary N) is 1. The van der Waals surface area contributed by atoms with E-state index in [0.29, 0.717) is 25.4 Å². The summed E-state index contributed by atoms with van der Waals surface area (Å²) in [7, 11) is 1.62. The number of ether oxygens (including phenoxy) is 1. The number of hydrogen-bond donors (Lipinski definition) is 1. The molecule has 8 nitrogen and oxygen atoms in total. The van der Waals surface area contributed by atoms with Crippen molar-refractivity contribution in [1.82, 2.24) is 19.7 Å². The van der Waals surface area contributed by atoms with Crippen molar-refractivity contribution < 1.29 is 13.9 Å². The second-order valence-electron chi connectivity index (χ2n) is 6.86. The smallest absolute Gasteiger partial charge is 0.343 e. The molecule has 1 aliphatic rings. The molecular weight excluding hydrogens is 360 g/mol. The first-order valence-electron chi connectivity index (χ1n) is 9.26. The fourth-order valence-electron chi connectivity index (χ4n) is 3.60. The lowest BCUT2D eigenvalue weighted by Crippen LogP contribution is -2.38. The average Bonchev–Trinajstić information content (AvgIpc) is 3.39. The van der Waals surface area contributed by atoms with Gasteiger partial charge in [0.1, 0.15) is 11.6 Å². The first-order valence-corrected chi connectivity index (χ1v) is 9.26. The van der Waals surface area contributed by atoms with Crippen molar-refractivity contribution in [3.05, 3.63) is 70.3 Å². The zero-order valence-electron chi connectivity index (χ0n) is 15.6. The predicted molar refractivity (Wildman–Crippen MR) is 102 cm³/mol. The number of amides is 1. The van der Waals surface area contributed by atoms with Gasteiger partial charge in [-0.15, -0.1) is 0 Å². The quantitative estimate of drug-likeness (QED) is 0.730. The third-order valence-electron chi connectivity index (χ3n) is 5.17. The molecule has 0 atom stereocenters. The fourth-order valence-corrected chi connectivity index (χ4v) is 3.60. The Morgan fingerprint density at radius 1 is 1.25 bits per heavy atom. The maximum absolute atomic E-state index is 12.4. The Morgan fingerprint density at radius 3 is 2.64 bits per heavy atom. The maximum atomic E-state index is 12.4. The van der Waals surface area contributed by atoms with Gasteiger partial charge in [-0.05, 0) is 42.7 Å². The summed E-state index contributed by atoms with van der Waals surface area (Å²) in [6.07, 6.45) is 3.00. The summed E-state index contributed by atoms with van der Waals surface area (Å²) >= 11 is 0. The van der Waals surface area contributed by atoms with Crippen LogP contribution in [0.4, 0.5) is 0 Å². The molecule has 146 valence electrons. The zero-order chi connectivity index (χ0) is 19.5. The number of aromatic nitrogens is 3. The van der Waals surface area contributed by atoms with Gasteiger partial charge in [0.25, 0.3) is 5.91 Å². The van der Waals surface area contributed by atoms with Gasteiger partial charge in [0.15, 0.2) is 5.76 Å². The van der Waals surface area contributed by atoms with E-state index in [1.54, 1.807) is 28.7 Å². The monoisotopic (exact) mass is 382 g/mol. The number of piperidine rings is 1. The Kier molecular flexibility index (Phi) is 5.01. The Labute approximate surface area is 161 Å². The Hall–Kier alpha value is -3.29. The van der Waals surface area contributed by atoms with Crippen LogP contribution in [0.25, 0.3) is 0 Å². The van der Waals surface area contributed by atoms with Gasteiger partial charge in [-0.2, -0.15) is 5.10 Å². The van der Waals surface area contributed by atoms with Gasteiger partial charge < -0.3 is 14.1 Å². The van der Waals surface area contributed by atoms with Crippen LogP contribution in [0.1, 0.15) is 40.7 Å². The van der Waals surface area contributed by atoms with Crippen LogP contribution < -0.4 is 10.4 Å². The van der Waals surface area contributed by atoms with Crippen LogP contribution >= 0.6 is 0 Å². The number of methoxy groups -OCH3 is 1. The molecule has 2 aromatic heterocycles. The predicted octanol–water partition coefficient (Wildman–Crippen LogP) is 2.24. The molecule has 0 aliphatic carbocycles. The summed E-state index contributed by atoms with van der Waals surface area (Å²) < 4.78 is 12.1. The zero-order valence-corrected chi connectivity index (χ0v) is 15.6. The third kappa shape index (κ3) is 3.58. The number of furan rings is 1. The van der Waals surface area contributed by atoms with Crippen molar-refractivity contribution in [2.75, 3.05) is 20.2 Å². The van der Waals surface area contributed by atoms with Crippen LogP contribution in [-0.2, 0) is 6.54 Å². The average molecular weight is 382 g/mol. The van der Waals surface area contributed by atoms with Crippen LogP contribution in [-0.4, -0.2) is 45.8 Å². The molecule has 0 radical (unpaired) electrons. The van der Waals surface area contributed by atoms with Crippen LogP contribution in [0.3, 0.4) is 0 Å². The van der Waals surface area contributed by atoms with E-state index in [0.717, 1.165) is 30.0 Å². The maximum Gasteiger partial charge on any atom is 0.343 e. The van der Waals surface area contributed by atoms with Crippen molar-refractivity contribution in [1.29, 1.82) is 0 Å². The number of likely N-dealkylation sites (tertiary alicyclic amines) is 1. The lowest BCUT2D eigenvalue weighted by atomic mass is 9.95. The normalized spacial score (nSPS) is 15.0. The molecule has 3 aromatic rings. The molecule has 28 heavy (non-hydrogen) atoms. The van der Waals surface area contributed by atoms with Crippen molar-refractivity contribution >= 4 is 5.91 Å². The fraction of sp³-hybridized carbons (Fsp3) is 0.350. The molecule has 0 saturated carbocycles. The number of H-pyrrole nitrogens is 1. The number of hydrogen-bond acceptors (Lipinski definition) is 5. The van der Waals surface area contributed by atoms with Crippen molar-refractivity contribution in [3.63, 3.8) is 0 Å². The molecule has 0 unspecified atom stereocenters.